The van der Waals surface area contributed by atoms with Crippen LogP contribution in [0.5, 0.6) is 0 Å². The summed E-state index contributed by atoms with van der Waals surface area (Å²) >= 11 is 0. The summed E-state index contributed by atoms with van der Waals surface area (Å²) in [5.41, 5.74) is 1.74. The van der Waals surface area contributed by atoms with Crippen molar-refractivity contribution in [3.63, 3.8) is 0 Å². The van der Waals surface area contributed by atoms with Crippen molar-refractivity contribution >= 4 is 17.3 Å². The van der Waals surface area contributed by atoms with E-state index in [1.807, 2.05) is 41.3 Å². The molecule has 0 fully saturated rings. The zero-order valence-electron chi connectivity index (χ0n) is 21.3. The lowest BCUT2D eigenvalue weighted by atomic mass is 10.0. The maximum atomic E-state index is 13.5. The Kier molecular flexibility index (Phi) is 8.83. The van der Waals surface area contributed by atoms with Gasteiger partial charge in [0.05, 0.1) is 30.5 Å². The number of aromatic nitrogens is 2. The number of hydrogen-bond acceptors (Lipinski definition) is 6. The number of halogens is 3. The highest BCUT2D eigenvalue weighted by Crippen LogP contribution is 2.30. The van der Waals surface area contributed by atoms with Crippen LogP contribution in [0, 0.1) is 11.3 Å². The van der Waals surface area contributed by atoms with E-state index in [9.17, 15) is 33.4 Å². The fourth-order valence-corrected chi connectivity index (χ4v) is 4.32. The minimum atomic E-state index is -4.78. The summed E-state index contributed by atoms with van der Waals surface area (Å²) in [6.07, 6.45) is -4.31. The summed E-state index contributed by atoms with van der Waals surface area (Å²) < 4.78 is 41.3. The van der Waals surface area contributed by atoms with E-state index in [4.69, 9.17) is 0 Å². The third kappa shape index (κ3) is 6.66. The van der Waals surface area contributed by atoms with Crippen LogP contribution in [0.15, 0.2) is 78.9 Å². The highest BCUT2D eigenvalue weighted by Gasteiger charge is 2.36. The Morgan fingerprint density at radius 3 is 2.40 bits per heavy atom. The first kappa shape index (κ1) is 28.4. The van der Waals surface area contributed by atoms with Gasteiger partial charge in [0, 0.05) is 30.5 Å². The second-order valence-electron chi connectivity index (χ2n) is 8.88. The number of benzene rings is 3. The second-order valence-corrected chi connectivity index (χ2v) is 8.88. The van der Waals surface area contributed by atoms with Gasteiger partial charge < -0.3 is 20.4 Å². The van der Waals surface area contributed by atoms with Gasteiger partial charge in [0.2, 0.25) is 0 Å². The van der Waals surface area contributed by atoms with Gasteiger partial charge in [-0.2, -0.15) is 23.5 Å². The van der Waals surface area contributed by atoms with Crippen molar-refractivity contribution in [3.8, 4) is 11.8 Å². The lowest BCUT2D eigenvalue weighted by molar-refractivity contribution is -0.141. The summed E-state index contributed by atoms with van der Waals surface area (Å²) in [6, 6.07) is 22.9. The van der Waals surface area contributed by atoms with E-state index in [1.54, 1.807) is 18.2 Å². The Morgan fingerprint density at radius 2 is 1.70 bits per heavy atom. The van der Waals surface area contributed by atoms with Crippen molar-refractivity contribution in [1.82, 2.24) is 9.78 Å². The molecule has 0 radical (unpaired) electrons. The first-order valence-electron chi connectivity index (χ1n) is 12.4. The molecule has 0 saturated heterocycles. The molecule has 40 heavy (non-hydrogen) atoms. The minimum absolute atomic E-state index is 0.0801. The van der Waals surface area contributed by atoms with Crippen LogP contribution in [0.4, 0.5) is 24.5 Å². The lowest BCUT2D eigenvalue weighted by Crippen LogP contribution is -2.30. The molecule has 11 heteroatoms. The van der Waals surface area contributed by atoms with E-state index in [-0.39, 0.29) is 30.2 Å². The normalized spacial score (nSPS) is 11.2. The topological polar surface area (TPSA) is 114 Å². The number of alkyl halides is 3. The number of para-hydroxylation sites is 1. The molecule has 4 aromatic rings. The standard InChI is InChI=1S/C29H26F3N5O3/c30-29(31,32)27-18-26(37(35-27)24-9-4-6-21(17-24)19-33)28(40)34-23-8-3-5-20(16-23)15-22-7-1-2-10-25(22)36(11-13-38)12-14-39/h1-10,16-18,38-39H,11-15H2,(H,34,40). The highest BCUT2D eigenvalue weighted by atomic mass is 19.4. The molecule has 1 aromatic heterocycles. The summed E-state index contributed by atoms with van der Waals surface area (Å²) in [7, 11) is 0. The van der Waals surface area contributed by atoms with Gasteiger partial charge in [-0.3, -0.25) is 4.79 Å². The summed E-state index contributed by atoms with van der Waals surface area (Å²) in [6.45, 7) is 0.531. The molecule has 0 unspecified atom stereocenters. The highest BCUT2D eigenvalue weighted by molar-refractivity contribution is 6.03. The van der Waals surface area contributed by atoms with E-state index in [0.29, 0.717) is 31.3 Å². The van der Waals surface area contributed by atoms with Gasteiger partial charge >= 0.3 is 6.18 Å². The van der Waals surface area contributed by atoms with Crippen molar-refractivity contribution in [1.29, 1.82) is 5.26 Å². The number of nitrogens with one attached hydrogen (secondary N) is 1. The monoisotopic (exact) mass is 549 g/mol. The van der Waals surface area contributed by atoms with Gasteiger partial charge in [-0.1, -0.05) is 36.4 Å². The van der Waals surface area contributed by atoms with E-state index in [0.717, 1.165) is 21.5 Å². The Bertz CT molecular complexity index is 1520. The van der Waals surface area contributed by atoms with Crippen LogP contribution in [0.3, 0.4) is 0 Å². The second kappa shape index (κ2) is 12.5. The molecule has 0 bridgehead atoms. The van der Waals surface area contributed by atoms with Crippen molar-refractivity contribution in [2.75, 3.05) is 36.5 Å². The number of carbonyl (C=O) groups is 1. The molecule has 0 aliphatic rings. The van der Waals surface area contributed by atoms with Gasteiger partial charge in [0.15, 0.2) is 5.69 Å². The zero-order chi connectivity index (χ0) is 28.7. The first-order valence-corrected chi connectivity index (χ1v) is 12.4. The number of hydrogen-bond donors (Lipinski definition) is 3. The predicted molar refractivity (Wildman–Crippen MR) is 143 cm³/mol. The number of nitrogens with zero attached hydrogens (tertiary/aromatic N) is 4. The van der Waals surface area contributed by atoms with Crippen LogP contribution in [-0.2, 0) is 12.6 Å². The third-order valence-corrected chi connectivity index (χ3v) is 6.10. The van der Waals surface area contributed by atoms with E-state index < -0.39 is 17.8 Å². The molecular formula is C29H26F3N5O3. The van der Waals surface area contributed by atoms with E-state index in [1.165, 1.54) is 24.3 Å². The molecule has 8 nitrogen and oxygen atoms in total. The Labute approximate surface area is 228 Å². The summed E-state index contributed by atoms with van der Waals surface area (Å²) in [4.78, 5) is 15.1. The Balaban J connectivity index is 1.62. The van der Waals surface area contributed by atoms with Crippen molar-refractivity contribution in [2.24, 2.45) is 0 Å². The largest absolute Gasteiger partial charge is 0.435 e. The number of carbonyl (C=O) groups excluding carboxylic acids is 1. The van der Waals surface area contributed by atoms with Gasteiger partial charge in [-0.05, 0) is 53.9 Å². The fourth-order valence-electron chi connectivity index (χ4n) is 4.32. The van der Waals surface area contributed by atoms with Crippen LogP contribution < -0.4 is 10.2 Å². The summed E-state index contributed by atoms with van der Waals surface area (Å²) in [5.74, 6) is -0.806. The maximum Gasteiger partial charge on any atom is 0.435 e. The molecule has 0 spiro atoms. The average Bonchev–Trinajstić information content (AvgIpc) is 3.40. The molecule has 3 N–H and O–H groups in total. The fraction of sp³-hybridized carbons (Fsp3) is 0.207. The van der Waals surface area contributed by atoms with E-state index >= 15 is 0 Å². The average molecular weight is 550 g/mol. The molecule has 0 aliphatic heterocycles. The molecule has 1 heterocycles. The molecule has 0 aliphatic carbocycles. The number of amides is 1. The zero-order valence-corrected chi connectivity index (χ0v) is 21.3. The number of nitriles is 1. The number of aliphatic hydroxyl groups is 2. The maximum absolute atomic E-state index is 13.5. The first-order chi connectivity index (χ1) is 19.2. The SMILES string of the molecule is N#Cc1cccc(-n2nc(C(F)(F)F)cc2C(=O)Nc2cccc(Cc3ccccc3N(CCO)CCO)c2)c1. The molecule has 4 rings (SSSR count). The Hall–Kier alpha value is -4.66. The third-order valence-electron chi connectivity index (χ3n) is 6.10. The van der Waals surface area contributed by atoms with Crippen LogP contribution in [-0.4, -0.2) is 52.2 Å². The van der Waals surface area contributed by atoms with Crippen molar-refractivity contribution < 1.29 is 28.2 Å². The van der Waals surface area contributed by atoms with Gasteiger partial charge in [-0.25, -0.2) is 4.68 Å². The molecule has 0 saturated carbocycles. The molecule has 206 valence electrons. The van der Waals surface area contributed by atoms with Gasteiger partial charge in [-0.15, -0.1) is 0 Å². The number of anilines is 2. The van der Waals surface area contributed by atoms with Crippen molar-refractivity contribution in [2.45, 2.75) is 12.6 Å². The van der Waals surface area contributed by atoms with Crippen molar-refractivity contribution in [3.05, 3.63) is 107 Å². The Morgan fingerprint density at radius 1 is 0.975 bits per heavy atom. The van der Waals surface area contributed by atoms with E-state index in [2.05, 4.69) is 10.4 Å². The van der Waals surface area contributed by atoms with Gasteiger partial charge in [0.25, 0.3) is 5.91 Å². The van der Waals surface area contributed by atoms with Crippen LogP contribution in [0.1, 0.15) is 32.9 Å². The molecule has 0 atom stereocenters. The lowest BCUT2D eigenvalue weighted by Gasteiger charge is -2.25. The molecule has 3 aromatic carbocycles. The minimum Gasteiger partial charge on any atom is -0.395 e. The van der Waals surface area contributed by atoms with Crippen LogP contribution in [0.25, 0.3) is 5.69 Å². The molecule has 1 amide bonds. The van der Waals surface area contributed by atoms with Crippen LogP contribution >= 0.6 is 0 Å². The quantitative estimate of drug-likeness (QED) is 0.270. The predicted octanol–water partition coefficient (Wildman–Crippen LogP) is 4.40. The summed E-state index contributed by atoms with van der Waals surface area (Å²) in [5, 5.41) is 34.3. The smallest absolute Gasteiger partial charge is 0.395 e. The number of aliphatic hydroxyl groups excluding tert-OH is 2. The van der Waals surface area contributed by atoms with Crippen LogP contribution in [0.2, 0.25) is 0 Å². The van der Waals surface area contributed by atoms with Gasteiger partial charge in [0.1, 0.15) is 5.69 Å². The number of rotatable bonds is 10. The molecular weight excluding hydrogens is 523 g/mol.